The number of aliphatic imine (C=N–C) groups is 1. The van der Waals surface area contributed by atoms with Crippen molar-refractivity contribution in [2.45, 2.75) is 59.9 Å². The van der Waals surface area contributed by atoms with Crippen LogP contribution in [0.2, 0.25) is 0 Å². The average molecular weight is 308 g/mol. The van der Waals surface area contributed by atoms with Gasteiger partial charge < -0.3 is 10.6 Å². The number of aryl methyl sites for hydroxylation is 2. The zero-order valence-corrected chi connectivity index (χ0v) is 14.6. The van der Waals surface area contributed by atoms with E-state index in [9.17, 15) is 0 Å². The van der Waals surface area contributed by atoms with Gasteiger partial charge in [0.05, 0.1) is 12.2 Å². The van der Waals surface area contributed by atoms with Crippen LogP contribution < -0.4 is 10.6 Å². The van der Waals surface area contributed by atoms with Crippen LogP contribution in [0.4, 0.5) is 0 Å². The first kappa shape index (κ1) is 16.3. The Bertz CT molecular complexity index is 467. The lowest BCUT2D eigenvalue weighted by molar-refractivity contribution is 0.334. The molecule has 1 fully saturated rings. The Morgan fingerprint density at radius 2 is 2.00 bits per heavy atom. The van der Waals surface area contributed by atoms with Gasteiger partial charge in [0, 0.05) is 18.0 Å². The molecule has 1 aromatic heterocycles. The molecule has 0 bridgehead atoms. The second kappa shape index (κ2) is 7.25. The number of nitrogens with zero attached hydrogens (tertiary/aromatic N) is 2. The Kier molecular flexibility index (Phi) is 5.62. The van der Waals surface area contributed by atoms with E-state index in [2.05, 4.69) is 48.3 Å². The lowest BCUT2D eigenvalue weighted by Gasteiger charge is -2.25. The summed E-state index contributed by atoms with van der Waals surface area (Å²) in [6.45, 7) is 11.2. The number of guanidine groups is 1. The molecule has 1 aliphatic carbocycles. The molecule has 0 aromatic carbocycles. The molecular formula is C16H28N4S. The fourth-order valence-electron chi connectivity index (χ4n) is 2.80. The molecule has 1 aromatic rings. The molecule has 2 rings (SSSR count). The predicted molar refractivity (Wildman–Crippen MR) is 91.0 cm³/mol. The summed E-state index contributed by atoms with van der Waals surface area (Å²) in [7, 11) is 0. The van der Waals surface area contributed by atoms with Crippen LogP contribution in [0.25, 0.3) is 0 Å². The highest BCUT2D eigenvalue weighted by Gasteiger charge is 2.28. The van der Waals surface area contributed by atoms with E-state index < -0.39 is 0 Å². The SMILES string of the molecule is CCNC(=NCc1nc(C)c(C)s1)NCC1(C)CCCC1. The molecule has 0 amide bonds. The number of aromatic nitrogens is 1. The zero-order valence-electron chi connectivity index (χ0n) is 13.8. The zero-order chi connectivity index (χ0) is 15.3. The summed E-state index contributed by atoms with van der Waals surface area (Å²) in [5.74, 6) is 0.913. The standard InChI is InChI=1S/C16H28N4S/c1-5-17-15(19-11-16(4)8-6-7-9-16)18-10-14-20-12(2)13(3)21-14/h5-11H2,1-4H3,(H2,17,18,19). The Hall–Kier alpha value is -1.10. The fourth-order valence-corrected chi connectivity index (χ4v) is 3.66. The number of nitrogens with one attached hydrogen (secondary N) is 2. The molecule has 0 spiro atoms. The maximum Gasteiger partial charge on any atom is 0.191 e. The second-order valence-corrected chi connectivity index (χ2v) is 7.60. The normalized spacial score (nSPS) is 18.0. The quantitative estimate of drug-likeness (QED) is 0.647. The van der Waals surface area contributed by atoms with E-state index in [-0.39, 0.29) is 0 Å². The van der Waals surface area contributed by atoms with Gasteiger partial charge in [0.25, 0.3) is 0 Å². The lowest BCUT2D eigenvalue weighted by atomic mass is 9.89. The van der Waals surface area contributed by atoms with Gasteiger partial charge >= 0.3 is 0 Å². The highest BCUT2D eigenvalue weighted by atomic mass is 32.1. The maximum atomic E-state index is 4.67. The van der Waals surface area contributed by atoms with Crippen molar-refractivity contribution in [3.8, 4) is 0 Å². The summed E-state index contributed by atoms with van der Waals surface area (Å²) < 4.78 is 0. The Morgan fingerprint density at radius 3 is 2.57 bits per heavy atom. The molecule has 1 aliphatic rings. The van der Waals surface area contributed by atoms with Gasteiger partial charge in [-0.3, -0.25) is 0 Å². The van der Waals surface area contributed by atoms with Crippen LogP contribution in [0.5, 0.6) is 0 Å². The molecule has 5 heteroatoms. The number of thiazole rings is 1. The van der Waals surface area contributed by atoms with Gasteiger partial charge in [-0.1, -0.05) is 19.8 Å². The largest absolute Gasteiger partial charge is 0.357 e. The molecule has 0 radical (unpaired) electrons. The van der Waals surface area contributed by atoms with Crippen molar-refractivity contribution in [3.63, 3.8) is 0 Å². The van der Waals surface area contributed by atoms with Crippen molar-refractivity contribution in [2.24, 2.45) is 10.4 Å². The third kappa shape index (κ3) is 4.70. The molecule has 21 heavy (non-hydrogen) atoms. The molecule has 0 unspecified atom stereocenters. The van der Waals surface area contributed by atoms with Crippen molar-refractivity contribution in [2.75, 3.05) is 13.1 Å². The Morgan fingerprint density at radius 1 is 1.29 bits per heavy atom. The molecule has 4 nitrogen and oxygen atoms in total. The molecule has 0 aliphatic heterocycles. The third-order valence-electron chi connectivity index (χ3n) is 4.28. The summed E-state index contributed by atoms with van der Waals surface area (Å²) in [5.41, 5.74) is 1.56. The van der Waals surface area contributed by atoms with E-state index in [0.29, 0.717) is 12.0 Å². The van der Waals surface area contributed by atoms with Gasteiger partial charge in [-0.15, -0.1) is 11.3 Å². The van der Waals surface area contributed by atoms with Crippen LogP contribution in [0.1, 0.15) is 55.1 Å². The first-order valence-corrected chi connectivity index (χ1v) is 8.79. The number of rotatable bonds is 5. The van der Waals surface area contributed by atoms with E-state index in [0.717, 1.165) is 29.8 Å². The molecule has 0 saturated heterocycles. The van der Waals surface area contributed by atoms with Crippen LogP contribution in [-0.4, -0.2) is 24.0 Å². The van der Waals surface area contributed by atoms with Crippen LogP contribution in [0.15, 0.2) is 4.99 Å². The van der Waals surface area contributed by atoms with E-state index in [1.807, 2.05) is 0 Å². The second-order valence-electron chi connectivity index (χ2n) is 6.32. The number of hydrogen-bond acceptors (Lipinski definition) is 3. The van der Waals surface area contributed by atoms with Gasteiger partial charge in [-0.25, -0.2) is 9.98 Å². The first-order chi connectivity index (χ1) is 10.0. The predicted octanol–water partition coefficient (Wildman–Crippen LogP) is 3.40. The molecule has 1 heterocycles. The van der Waals surface area contributed by atoms with E-state index in [1.54, 1.807) is 11.3 Å². The minimum atomic E-state index is 0.435. The lowest BCUT2D eigenvalue weighted by Crippen LogP contribution is -2.42. The third-order valence-corrected chi connectivity index (χ3v) is 5.34. The van der Waals surface area contributed by atoms with Gasteiger partial charge in [-0.2, -0.15) is 0 Å². The minimum absolute atomic E-state index is 0.435. The van der Waals surface area contributed by atoms with Crippen LogP contribution in [-0.2, 0) is 6.54 Å². The first-order valence-electron chi connectivity index (χ1n) is 7.97. The topological polar surface area (TPSA) is 49.3 Å². The smallest absolute Gasteiger partial charge is 0.191 e. The highest BCUT2D eigenvalue weighted by Crippen LogP contribution is 2.36. The van der Waals surface area contributed by atoms with Crippen molar-refractivity contribution >= 4 is 17.3 Å². The van der Waals surface area contributed by atoms with E-state index in [1.165, 1.54) is 30.6 Å². The Balaban J connectivity index is 1.92. The summed E-state index contributed by atoms with van der Waals surface area (Å²) in [5, 5.41) is 7.93. The summed E-state index contributed by atoms with van der Waals surface area (Å²) in [6, 6.07) is 0. The summed E-state index contributed by atoms with van der Waals surface area (Å²) >= 11 is 1.74. The van der Waals surface area contributed by atoms with Gasteiger partial charge in [0.15, 0.2) is 5.96 Å². The van der Waals surface area contributed by atoms with Crippen molar-refractivity contribution in [1.29, 1.82) is 0 Å². The van der Waals surface area contributed by atoms with Crippen LogP contribution in [0.3, 0.4) is 0 Å². The molecular weight excluding hydrogens is 280 g/mol. The van der Waals surface area contributed by atoms with Gasteiger partial charge in [-0.05, 0) is 39.0 Å². The number of hydrogen-bond donors (Lipinski definition) is 2. The van der Waals surface area contributed by atoms with E-state index >= 15 is 0 Å². The summed E-state index contributed by atoms with van der Waals surface area (Å²) in [6.07, 6.45) is 5.38. The van der Waals surface area contributed by atoms with E-state index in [4.69, 9.17) is 0 Å². The van der Waals surface area contributed by atoms with Crippen molar-refractivity contribution in [1.82, 2.24) is 15.6 Å². The summed E-state index contributed by atoms with van der Waals surface area (Å²) in [4.78, 5) is 10.5. The van der Waals surface area contributed by atoms with Gasteiger partial charge in [0.1, 0.15) is 5.01 Å². The van der Waals surface area contributed by atoms with Crippen molar-refractivity contribution in [3.05, 3.63) is 15.6 Å². The monoisotopic (exact) mass is 308 g/mol. The molecule has 2 N–H and O–H groups in total. The molecule has 118 valence electrons. The highest BCUT2D eigenvalue weighted by molar-refractivity contribution is 7.11. The van der Waals surface area contributed by atoms with Gasteiger partial charge in [0.2, 0.25) is 0 Å². The molecule has 1 saturated carbocycles. The van der Waals surface area contributed by atoms with Crippen LogP contribution in [0, 0.1) is 19.3 Å². The Labute approximate surface area is 132 Å². The maximum absolute atomic E-state index is 4.67. The average Bonchev–Trinajstić information content (AvgIpc) is 3.01. The van der Waals surface area contributed by atoms with Crippen LogP contribution >= 0.6 is 11.3 Å². The fraction of sp³-hybridized carbons (Fsp3) is 0.750. The van der Waals surface area contributed by atoms with Crippen molar-refractivity contribution < 1.29 is 0 Å². The minimum Gasteiger partial charge on any atom is -0.357 e. The molecule has 0 atom stereocenters.